The van der Waals surface area contributed by atoms with Crippen molar-refractivity contribution in [2.75, 3.05) is 40.5 Å². The third-order valence-corrected chi connectivity index (χ3v) is 9.32. The van der Waals surface area contributed by atoms with Crippen LogP contribution < -0.4 is 5.32 Å². The van der Waals surface area contributed by atoms with Crippen molar-refractivity contribution >= 4 is 21.9 Å². The van der Waals surface area contributed by atoms with Crippen LogP contribution in [-0.2, 0) is 38.9 Å². The van der Waals surface area contributed by atoms with E-state index in [1.807, 2.05) is 20.8 Å². The summed E-state index contributed by atoms with van der Waals surface area (Å²) in [6.07, 6.45) is 3.07. The molecule has 1 amide bonds. The number of esters is 1. The van der Waals surface area contributed by atoms with E-state index in [4.69, 9.17) is 14.6 Å². The van der Waals surface area contributed by atoms with Crippen molar-refractivity contribution in [3.05, 3.63) is 46.8 Å². The molecule has 1 aromatic heterocycles. The maximum Gasteiger partial charge on any atom is 0.338 e. The fourth-order valence-electron chi connectivity index (χ4n) is 5.13. The third kappa shape index (κ3) is 5.79. The minimum atomic E-state index is -3.58. The number of hydrogen-bond donors (Lipinski definition) is 1. The molecular weight excluding hydrogens is 508 g/mol. The lowest BCUT2D eigenvalue weighted by Gasteiger charge is -2.36. The van der Waals surface area contributed by atoms with Gasteiger partial charge in [-0.1, -0.05) is 13.8 Å². The summed E-state index contributed by atoms with van der Waals surface area (Å²) in [7, 11) is -0.665. The molecule has 0 unspecified atom stereocenters. The molecule has 1 spiro atoms. The number of rotatable bonds is 8. The van der Waals surface area contributed by atoms with E-state index in [0.29, 0.717) is 38.4 Å². The fourth-order valence-corrected chi connectivity index (χ4v) is 6.03. The average Bonchev–Trinajstić information content (AvgIpc) is 3.15. The zero-order valence-corrected chi connectivity index (χ0v) is 23.7. The summed E-state index contributed by atoms with van der Waals surface area (Å²) in [5.74, 6) is -0.613. The first-order valence-corrected chi connectivity index (χ1v) is 14.5. The summed E-state index contributed by atoms with van der Waals surface area (Å²) in [5, 5.41) is 7.95. The molecule has 1 N–H and O–H groups in total. The number of aryl methyl sites for hydroxylation is 1. The van der Waals surface area contributed by atoms with Crippen molar-refractivity contribution in [1.29, 1.82) is 0 Å². The molecule has 0 aliphatic carbocycles. The van der Waals surface area contributed by atoms with E-state index in [1.54, 1.807) is 4.68 Å². The highest BCUT2D eigenvalue weighted by Crippen LogP contribution is 2.39. The van der Waals surface area contributed by atoms with Crippen molar-refractivity contribution < 1.29 is 27.5 Å². The van der Waals surface area contributed by atoms with E-state index in [-0.39, 0.29) is 28.4 Å². The van der Waals surface area contributed by atoms with Crippen LogP contribution >= 0.6 is 0 Å². The number of nitrogens with one attached hydrogen (secondary N) is 1. The Balaban J connectivity index is 1.49. The van der Waals surface area contributed by atoms with Crippen molar-refractivity contribution in [3.63, 3.8) is 0 Å². The van der Waals surface area contributed by atoms with Gasteiger partial charge in [0, 0.05) is 57.8 Å². The maximum atomic E-state index is 13.1. The number of benzene rings is 1. The predicted octanol–water partition coefficient (Wildman–Crippen LogP) is 2.66. The molecule has 0 atom stereocenters. The standard InChI is InChI=1S/C27H38N4O6S/c1-6-31-23-21(15-27(17-28-24(23)32)11-13-36-14-12-27)22(29-31)16-26(2,3)18-37-25(33)19-7-9-20(10-8-19)38(34,35)30(4)5/h7-10H,6,11-18H2,1-5H3,(H,28,32). The van der Waals surface area contributed by atoms with Gasteiger partial charge in [-0.15, -0.1) is 0 Å². The van der Waals surface area contributed by atoms with Crippen LogP contribution in [0.4, 0.5) is 0 Å². The first kappa shape index (κ1) is 28.3. The lowest BCUT2D eigenvalue weighted by Crippen LogP contribution is -2.40. The topological polar surface area (TPSA) is 120 Å². The lowest BCUT2D eigenvalue weighted by molar-refractivity contribution is 0.0159. The molecule has 2 aliphatic rings. The molecule has 1 aromatic carbocycles. The number of hydrogen-bond acceptors (Lipinski definition) is 7. The molecule has 3 heterocycles. The minimum absolute atomic E-state index is 0.0433. The maximum absolute atomic E-state index is 13.1. The second kappa shape index (κ2) is 10.8. The number of amides is 1. The van der Waals surface area contributed by atoms with E-state index in [0.717, 1.165) is 34.8 Å². The smallest absolute Gasteiger partial charge is 0.338 e. The van der Waals surface area contributed by atoms with Crippen LogP contribution in [0.3, 0.4) is 0 Å². The lowest BCUT2D eigenvalue weighted by atomic mass is 9.74. The van der Waals surface area contributed by atoms with E-state index >= 15 is 0 Å². The number of aromatic nitrogens is 2. The molecule has 208 valence electrons. The third-order valence-electron chi connectivity index (χ3n) is 7.49. The molecular formula is C27H38N4O6S. The Morgan fingerprint density at radius 2 is 1.87 bits per heavy atom. The van der Waals surface area contributed by atoms with E-state index in [2.05, 4.69) is 5.32 Å². The SMILES string of the molecule is CCn1nc(CC(C)(C)COC(=O)c2ccc(S(=O)(=O)N(C)C)cc2)c2c1C(=O)NCC1(CCOCC1)C2. The van der Waals surface area contributed by atoms with Crippen LogP contribution in [0, 0.1) is 10.8 Å². The first-order chi connectivity index (χ1) is 17.9. The van der Waals surface area contributed by atoms with E-state index < -0.39 is 21.4 Å². The summed E-state index contributed by atoms with van der Waals surface area (Å²) in [4.78, 5) is 25.9. The summed E-state index contributed by atoms with van der Waals surface area (Å²) in [6, 6.07) is 5.72. The highest BCUT2D eigenvalue weighted by molar-refractivity contribution is 7.89. The van der Waals surface area contributed by atoms with E-state index in [1.165, 1.54) is 38.4 Å². The normalized spacial score (nSPS) is 17.7. The predicted molar refractivity (Wildman–Crippen MR) is 142 cm³/mol. The Bertz CT molecular complexity index is 1290. The quantitative estimate of drug-likeness (QED) is 0.506. The monoisotopic (exact) mass is 546 g/mol. The number of fused-ring (bicyclic) bond motifs is 1. The highest BCUT2D eigenvalue weighted by Gasteiger charge is 2.40. The highest BCUT2D eigenvalue weighted by atomic mass is 32.2. The van der Waals surface area contributed by atoms with Gasteiger partial charge in [0.15, 0.2) is 0 Å². The van der Waals surface area contributed by atoms with Gasteiger partial charge < -0.3 is 14.8 Å². The van der Waals surface area contributed by atoms with Gasteiger partial charge in [0.1, 0.15) is 5.69 Å². The van der Waals surface area contributed by atoms with Gasteiger partial charge in [0.05, 0.1) is 22.8 Å². The van der Waals surface area contributed by atoms with Crippen LogP contribution in [0.1, 0.15) is 65.7 Å². The Morgan fingerprint density at radius 3 is 2.47 bits per heavy atom. The van der Waals surface area contributed by atoms with Crippen molar-refractivity contribution in [3.8, 4) is 0 Å². The van der Waals surface area contributed by atoms with Crippen LogP contribution in [0.2, 0.25) is 0 Å². The molecule has 0 radical (unpaired) electrons. The molecule has 38 heavy (non-hydrogen) atoms. The molecule has 10 nitrogen and oxygen atoms in total. The van der Waals surface area contributed by atoms with Gasteiger partial charge in [-0.25, -0.2) is 17.5 Å². The van der Waals surface area contributed by atoms with Gasteiger partial charge in [-0.2, -0.15) is 5.10 Å². The summed E-state index contributed by atoms with van der Waals surface area (Å²) >= 11 is 0. The van der Waals surface area contributed by atoms with Gasteiger partial charge in [-0.3, -0.25) is 9.48 Å². The van der Waals surface area contributed by atoms with Crippen molar-refractivity contribution in [2.45, 2.75) is 57.9 Å². The molecule has 1 fully saturated rings. The van der Waals surface area contributed by atoms with Crippen LogP contribution in [-0.4, -0.2) is 74.8 Å². The van der Waals surface area contributed by atoms with Gasteiger partial charge in [0.2, 0.25) is 10.0 Å². The van der Waals surface area contributed by atoms with Crippen LogP contribution in [0.15, 0.2) is 29.2 Å². The number of carbonyl (C=O) groups is 2. The molecule has 2 aliphatic heterocycles. The number of carbonyl (C=O) groups excluding carboxylic acids is 2. The zero-order valence-electron chi connectivity index (χ0n) is 22.9. The van der Waals surface area contributed by atoms with Crippen LogP contribution in [0.5, 0.6) is 0 Å². The Labute approximate surface area is 224 Å². The Kier molecular flexibility index (Phi) is 8.02. The molecule has 0 bridgehead atoms. The second-order valence-corrected chi connectivity index (χ2v) is 13.4. The summed E-state index contributed by atoms with van der Waals surface area (Å²) < 4.78 is 38.7. The van der Waals surface area contributed by atoms with Gasteiger partial charge in [0.25, 0.3) is 5.91 Å². The fraction of sp³-hybridized carbons (Fsp3) is 0.593. The molecule has 0 saturated carbocycles. The Hall–Kier alpha value is -2.76. The number of ether oxygens (including phenoxy) is 2. The zero-order chi connectivity index (χ0) is 27.7. The minimum Gasteiger partial charge on any atom is -0.462 e. The number of nitrogens with zero attached hydrogens (tertiary/aromatic N) is 3. The molecule has 11 heteroatoms. The Morgan fingerprint density at radius 1 is 1.21 bits per heavy atom. The second-order valence-electron chi connectivity index (χ2n) is 11.3. The molecule has 1 saturated heterocycles. The summed E-state index contributed by atoms with van der Waals surface area (Å²) in [5.41, 5.74) is 2.27. The van der Waals surface area contributed by atoms with E-state index in [9.17, 15) is 18.0 Å². The average molecular weight is 547 g/mol. The van der Waals surface area contributed by atoms with Crippen LogP contribution in [0.25, 0.3) is 0 Å². The first-order valence-electron chi connectivity index (χ1n) is 13.0. The van der Waals surface area contributed by atoms with Gasteiger partial charge in [-0.05, 0) is 55.9 Å². The molecule has 2 aromatic rings. The number of sulfonamides is 1. The summed E-state index contributed by atoms with van der Waals surface area (Å²) in [6.45, 7) is 8.71. The largest absolute Gasteiger partial charge is 0.462 e. The van der Waals surface area contributed by atoms with Crippen molar-refractivity contribution in [2.24, 2.45) is 10.8 Å². The van der Waals surface area contributed by atoms with Gasteiger partial charge >= 0.3 is 5.97 Å². The molecule has 4 rings (SSSR count). The van der Waals surface area contributed by atoms with Crippen molar-refractivity contribution in [1.82, 2.24) is 19.4 Å².